The molecule has 0 bridgehead atoms. The van der Waals surface area contributed by atoms with Crippen LogP contribution in [0.1, 0.15) is 36.6 Å². The van der Waals surface area contributed by atoms with Crippen LogP contribution in [0.15, 0.2) is 60.7 Å². The van der Waals surface area contributed by atoms with Crippen LogP contribution in [-0.4, -0.2) is 17.7 Å². The zero-order chi connectivity index (χ0) is 20.7. The topological polar surface area (TPSA) is 66.5 Å². The van der Waals surface area contributed by atoms with E-state index >= 15 is 0 Å². The number of rotatable bonds is 3. The van der Waals surface area contributed by atoms with Crippen molar-refractivity contribution in [1.29, 1.82) is 0 Å². The number of nitrogens with zero attached hydrogens (tertiary/aromatic N) is 1. The Labute approximate surface area is 176 Å². The number of fused-ring (bicyclic) bond motifs is 1. The summed E-state index contributed by atoms with van der Waals surface area (Å²) < 4.78 is 0. The highest BCUT2D eigenvalue weighted by Crippen LogP contribution is 2.31. The summed E-state index contributed by atoms with van der Waals surface area (Å²) >= 11 is 12.3. The molecule has 0 aromatic heterocycles. The van der Waals surface area contributed by atoms with Gasteiger partial charge in [-0.05, 0) is 55.0 Å². The third-order valence-corrected chi connectivity index (χ3v) is 5.41. The second-order valence-electron chi connectivity index (χ2n) is 6.57. The van der Waals surface area contributed by atoms with Crippen LogP contribution < -0.4 is 10.2 Å². The van der Waals surface area contributed by atoms with E-state index in [9.17, 15) is 14.4 Å². The van der Waals surface area contributed by atoms with Crippen LogP contribution in [0.4, 0.5) is 11.4 Å². The summed E-state index contributed by atoms with van der Waals surface area (Å²) in [5.74, 6) is -1.36. The van der Waals surface area contributed by atoms with Crippen LogP contribution in [0.25, 0.3) is 0 Å². The van der Waals surface area contributed by atoms with Gasteiger partial charge in [0, 0.05) is 10.7 Å². The van der Waals surface area contributed by atoms with Crippen molar-refractivity contribution in [2.45, 2.75) is 6.92 Å². The van der Waals surface area contributed by atoms with Crippen LogP contribution in [-0.2, 0) is 0 Å². The maximum Gasteiger partial charge on any atom is 0.266 e. The third-order valence-electron chi connectivity index (χ3n) is 4.68. The van der Waals surface area contributed by atoms with Gasteiger partial charge in [-0.2, -0.15) is 0 Å². The van der Waals surface area contributed by atoms with Crippen molar-refractivity contribution in [1.82, 2.24) is 0 Å². The van der Waals surface area contributed by atoms with Crippen molar-refractivity contribution < 1.29 is 14.4 Å². The van der Waals surface area contributed by atoms with Gasteiger partial charge in [0.1, 0.15) is 0 Å². The second-order valence-corrected chi connectivity index (χ2v) is 7.39. The molecule has 3 aromatic rings. The second kappa shape index (κ2) is 7.35. The van der Waals surface area contributed by atoms with Crippen molar-refractivity contribution in [3.05, 3.63) is 93.0 Å². The van der Waals surface area contributed by atoms with Crippen molar-refractivity contribution in [2.24, 2.45) is 0 Å². The van der Waals surface area contributed by atoms with Gasteiger partial charge in [0.2, 0.25) is 0 Å². The van der Waals surface area contributed by atoms with Crippen molar-refractivity contribution in [3.8, 4) is 0 Å². The van der Waals surface area contributed by atoms with Gasteiger partial charge in [0.15, 0.2) is 0 Å². The highest BCUT2D eigenvalue weighted by molar-refractivity contribution is 6.36. The van der Waals surface area contributed by atoms with Gasteiger partial charge in [-0.15, -0.1) is 0 Å². The van der Waals surface area contributed by atoms with Gasteiger partial charge < -0.3 is 5.32 Å². The maximum absolute atomic E-state index is 12.8. The van der Waals surface area contributed by atoms with E-state index in [-0.39, 0.29) is 16.3 Å². The molecule has 0 fully saturated rings. The van der Waals surface area contributed by atoms with E-state index in [0.717, 1.165) is 10.5 Å². The third kappa shape index (κ3) is 3.39. The molecule has 0 saturated carbocycles. The highest BCUT2D eigenvalue weighted by atomic mass is 35.5. The molecular weight excluding hydrogens is 411 g/mol. The maximum atomic E-state index is 12.8. The number of hydrogen-bond acceptors (Lipinski definition) is 3. The summed E-state index contributed by atoms with van der Waals surface area (Å²) in [4.78, 5) is 39.2. The molecule has 29 heavy (non-hydrogen) atoms. The number of hydrogen-bond donors (Lipinski definition) is 1. The lowest BCUT2D eigenvalue weighted by Crippen LogP contribution is -2.29. The number of carbonyl (C=O) groups excluding carboxylic acids is 3. The summed E-state index contributed by atoms with van der Waals surface area (Å²) in [5.41, 5.74) is 2.45. The molecule has 0 spiro atoms. The zero-order valence-corrected chi connectivity index (χ0v) is 16.7. The summed E-state index contributed by atoms with van der Waals surface area (Å²) in [6.07, 6.45) is 0. The lowest BCUT2D eigenvalue weighted by molar-refractivity contribution is 0.0924. The van der Waals surface area contributed by atoms with Crippen LogP contribution >= 0.6 is 23.2 Å². The first-order valence-electron chi connectivity index (χ1n) is 8.71. The fourth-order valence-electron chi connectivity index (χ4n) is 3.12. The quantitative estimate of drug-likeness (QED) is 0.575. The Kier molecular flexibility index (Phi) is 4.86. The number of halogens is 2. The van der Waals surface area contributed by atoms with Crippen LogP contribution in [0.2, 0.25) is 10.0 Å². The molecule has 144 valence electrons. The molecule has 1 aliphatic rings. The van der Waals surface area contributed by atoms with Gasteiger partial charge in [-0.25, -0.2) is 4.90 Å². The minimum atomic E-state index is -0.478. The molecule has 3 aromatic carbocycles. The van der Waals surface area contributed by atoms with E-state index in [4.69, 9.17) is 23.2 Å². The van der Waals surface area contributed by atoms with E-state index in [0.29, 0.717) is 21.8 Å². The van der Waals surface area contributed by atoms with Crippen molar-refractivity contribution in [3.63, 3.8) is 0 Å². The standard InChI is InChI=1S/C22H14Cl2N2O3/c1-12-6-7-13(10-19(12)24)25-20(27)17-11-14(8-9-18(17)23)26-21(28)15-4-2-3-5-16(15)22(26)29/h2-11H,1H3,(H,25,27). The number of amides is 3. The summed E-state index contributed by atoms with van der Waals surface area (Å²) in [5, 5.41) is 3.45. The molecule has 0 aliphatic carbocycles. The number of anilines is 2. The molecule has 1 N–H and O–H groups in total. The molecular formula is C22H14Cl2N2O3. The lowest BCUT2D eigenvalue weighted by Gasteiger charge is -2.16. The predicted octanol–water partition coefficient (Wildman–Crippen LogP) is 5.35. The first kappa shape index (κ1) is 19.2. The number of nitrogens with one attached hydrogen (secondary N) is 1. The summed E-state index contributed by atoms with van der Waals surface area (Å²) in [6.45, 7) is 1.86. The van der Waals surface area contributed by atoms with E-state index in [1.165, 1.54) is 18.2 Å². The predicted molar refractivity (Wildman–Crippen MR) is 113 cm³/mol. The lowest BCUT2D eigenvalue weighted by atomic mass is 10.1. The van der Waals surface area contributed by atoms with Gasteiger partial charge in [-0.1, -0.05) is 41.4 Å². The molecule has 0 radical (unpaired) electrons. The number of benzene rings is 3. The Hall–Kier alpha value is -3.15. The van der Waals surface area contributed by atoms with E-state index in [2.05, 4.69) is 5.32 Å². The Morgan fingerprint density at radius 2 is 1.52 bits per heavy atom. The van der Waals surface area contributed by atoms with Crippen molar-refractivity contribution in [2.75, 3.05) is 10.2 Å². The summed E-state index contributed by atoms with van der Waals surface area (Å²) in [7, 11) is 0. The zero-order valence-electron chi connectivity index (χ0n) is 15.2. The van der Waals surface area contributed by atoms with Gasteiger partial charge in [-0.3, -0.25) is 14.4 Å². The molecule has 5 nitrogen and oxygen atoms in total. The average Bonchev–Trinajstić information content (AvgIpc) is 2.96. The Morgan fingerprint density at radius 3 is 2.14 bits per heavy atom. The Bertz CT molecular complexity index is 1160. The molecule has 0 atom stereocenters. The monoisotopic (exact) mass is 424 g/mol. The van der Waals surface area contributed by atoms with Gasteiger partial charge >= 0.3 is 0 Å². The number of imide groups is 1. The summed E-state index contributed by atoms with van der Waals surface area (Å²) in [6, 6.07) is 16.2. The minimum absolute atomic E-state index is 0.137. The normalized spacial score (nSPS) is 12.9. The minimum Gasteiger partial charge on any atom is -0.322 e. The Balaban J connectivity index is 1.66. The van der Waals surface area contributed by atoms with E-state index in [1.54, 1.807) is 42.5 Å². The van der Waals surface area contributed by atoms with Gasteiger partial charge in [0.05, 0.1) is 27.4 Å². The molecule has 1 heterocycles. The first-order valence-corrected chi connectivity index (χ1v) is 9.47. The van der Waals surface area contributed by atoms with Gasteiger partial charge in [0.25, 0.3) is 17.7 Å². The van der Waals surface area contributed by atoms with E-state index in [1.807, 2.05) is 6.92 Å². The molecule has 1 aliphatic heterocycles. The Morgan fingerprint density at radius 1 is 0.862 bits per heavy atom. The molecule has 3 amide bonds. The SMILES string of the molecule is Cc1ccc(NC(=O)c2cc(N3C(=O)c4ccccc4C3=O)ccc2Cl)cc1Cl. The van der Waals surface area contributed by atoms with Crippen molar-refractivity contribution >= 4 is 52.3 Å². The fraction of sp³-hybridized carbons (Fsp3) is 0.0455. The van der Waals surface area contributed by atoms with Crippen LogP contribution in [0.3, 0.4) is 0 Å². The number of aryl methyl sites for hydroxylation is 1. The molecule has 7 heteroatoms. The first-order chi connectivity index (χ1) is 13.9. The van der Waals surface area contributed by atoms with E-state index < -0.39 is 17.7 Å². The molecule has 4 rings (SSSR count). The molecule has 0 unspecified atom stereocenters. The fourth-order valence-corrected chi connectivity index (χ4v) is 3.50. The molecule has 0 saturated heterocycles. The smallest absolute Gasteiger partial charge is 0.266 e. The van der Waals surface area contributed by atoms with Crippen LogP contribution in [0, 0.1) is 6.92 Å². The highest BCUT2D eigenvalue weighted by Gasteiger charge is 2.36. The van der Waals surface area contributed by atoms with Crippen LogP contribution in [0.5, 0.6) is 0 Å². The average molecular weight is 425 g/mol. The number of carbonyl (C=O) groups is 3. The largest absolute Gasteiger partial charge is 0.322 e.